The molecule has 0 heterocycles. The Hall–Kier alpha value is -1.02. The Balaban J connectivity index is 2.29. The summed E-state index contributed by atoms with van der Waals surface area (Å²) in [6, 6.07) is 3.93. The van der Waals surface area contributed by atoms with Gasteiger partial charge >= 0.3 is 0 Å². The molecule has 3 heteroatoms. The number of hydrogen-bond donors (Lipinski definition) is 1. The number of nitrogens with one attached hydrogen (secondary N) is 1. The molecular weight excluding hydrogens is 246 g/mol. The Bertz CT molecular complexity index is 470. The predicted octanol–water partition coefficient (Wildman–Crippen LogP) is 4.06. The first-order valence-corrected chi connectivity index (χ1v) is 7.07. The van der Waals surface area contributed by atoms with E-state index >= 15 is 0 Å². The first-order chi connectivity index (χ1) is 8.58. The average molecular weight is 266 g/mol. The third-order valence-corrected chi connectivity index (χ3v) is 4.13. The maximum absolute atomic E-state index is 12.1. The summed E-state index contributed by atoms with van der Waals surface area (Å²) in [7, 11) is 0. The molecule has 0 spiro atoms. The summed E-state index contributed by atoms with van der Waals surface area (Å²) in [5.41, 5.74) is 3.16. The third-order valence-electron chi connectivity index (χ3n) is 3.77. The highest BCUT2D eigenvalue weighted by Crippen LogP contribution is 2.39. The summed E-state index contributed by atoms with van der Waals surface area (Å²) in [5, 5.41) is 3.84. The van der Waals surface area contributed by atoms with Gasteiger partial charge in [-0.15, -0.1) is 0 Å². The molecule has 1 aliphatic rings. The zero-order chi connectivity index (χ0) is 13.3. The summed E-state index contributed by atoms with van der Waals surface area (Å²) >= 11 is 6.21. The average Bonchev–Trinajstić information content (AvgIpc) is 3.07. The van der Waals surface area contributed by atoms with Crippen LogP contribution in [0.3, 0.4) is 0 Å². The fourth-order valence-electron chi connectivity index (χ4n) is 2.37. The van der Waals surface area contributed by atoms with Crippen molar-refractivity contribution in [2.75, 3.05) is 5.32 Å². The lowest BCUT2D eigenvalue weighted by atomic mass is 10.0. The van der Waals surface area contributed by atoms with Crippen molar-refractivity contribution in [1.82, 2.24) is 0 Å². The second-order valence-corrected chi connectivity index (χ2v) is 5.48. The normalized spacial score (nSPS) is 21.8. The van der Waals surface area contributed by atoms with E-state index in [0.717, 1.165) is 41.1 Å². The van der Waals surface area contributed by atoms with E-state index in [1.165, 1.54) is 0 Å². The van der Waals surface area contributed by atoms with Gasteiger partial charge in [0.25, 0.3) is 0 Å². The molecule has 0 aromatic heterocycles. The molecule has 2 atom stereocenters. The van der Waals surface area contributed by atoms with E-state index in [1.807, 2.05) is 12.1 Å². The van der Waals surface area contributed by atoms with Gasteiger partial charge in [-0.3, -0.25) is 4.79 Å². The molecule has 0 radical (unpaired) electrons. The summed E-state index contributed by atoms with van der Waals surface area (Å²) in [6.45, 7) is 6.28. The number of hydrogen-bond acceptors (Lipinski definition) is 1. The number of benzene rings is 1. The fraction of sp³-hybridized carbons (Fsp3) is 0.533. The van der Waals surface area contributed by atoms with Gasteiger partial charge in [-0.2, -0.15) is 0 Å². The van der Waals surface area contributed by atoms with Crippen molar-refractivity contribution >= 4 is 23.2 Å². The van der Waals surface area contributed by atoms with Gasteiger partial charge in [-0.1, -0.05) is 38.4 Å². The minimum Gasteiger partial charge on any atom is -0.325 e. The summed E-state index contributed by atoms with van der Waals surface area (Å²) in [5.74, 6) is 0.867. The minimum absolute atomic E-state index is 0.147. The van der Waals surface area contributed by atoms with Crippen LogP contribution in [0.2, 0.25) is 5.02 Å². The van der Waals surface area contributed by atoms with Crippen molar-refractivity contribution in [3.8, 4) is 0 Å². The molecule has 2 nitrogen and oxygen atoms in total. The Labute approximate surface area is 114 Å². The van der Waals surface area contributed by atoms with Crippen LogP contribution in [0.25, 0.3) is 0 Å². The van der Waals surface area contributed by atoms with Gasteiger partial charge in [0.2, 0.25) is 5.91 Å². The zero-order valence-electron chi connectivity index (χ0n) is 11.2. The number of rotatable bonds is 4. The molecule has 0 unspecified atom stereocenters. The Kier molecular flexibility index (Phi) is 3.96. The van der Waals surface area contributed by atoms with Crippen molar-refractivity contribution in [2.24, 2.45) is 11.8 Å². The van der Waals surface area contributed by atoms with Crippen molar-refractivity contribution in [3.63, 3.8) is 0 Å². The molecular formula is C15H20ClNO. The molecule has 0 bridgehead atoms. The van der Waals surface area contributed by atoms with E-state index in [9.17, 15) is 4.79 Å². The number of halogens is 1. The molecule has 1 aromatic carbocycles. The lowest BCUT2D eigenvalue weighted by molar-refractivity contribution is -0.117. The van der Waals surface area contributed by atoms with Crippen LogP contribution in [-0.4, -0.2) is 5.91 Å². The van der Waals surface area contributed by atoms with Gasteiger partial charge in [-0.25, -0.2) is 0 Å². The van der Waals surface area contributed by atoms with E-state index < -0.39 is 0 Å². The van der Waals surface area contributed by atoms with Crippen LogP contribution in [0.4, 0.5) is 5.69 Å². The van der Waals surface area contributed by atoms with Crippen LogP contribution < -0.4 is 5.32 Å². The quantitative estimate of drug-likeness (QED) is 0.874. The summed E-state index contributed by atoms with van der Waals surface area (Å²) in [4.78, 5) is 12.1. The molecule has 1 fully saturated rings. The second-order valence-electron chi connectivity index (χ2n) is 5.08. The van der Waals surface area contributed by atoms with Gasteiger partial charge in [0.1, 0.15) is 0 Å². The highest BCUT2D eigenvalue weighted by Gasteiger charge is 2.39. The third kappa shape index (κ3) is 2.54. The maximum Gasteiger partial charge on any atom is 0.227 e. The molecule has 0 aliphatic heterocycles. The van der Waals surface area contributed by atoms with E-state index in [0.29, 0.717) is 5.92 Å². The van der Waals surface area contributed by atoms with Crippen molar-refractivity contribution in [2.45, 2.75) is 40.0 Å². The van der Waals surface area contributed by atoms with Crippen LogP contribution in [0.15, 0.2) is 12.1 Å². The zero-order valence-corrected chi connectivity index (χ0v) is 12.0. The largest absolute Gasteiger partial charge is 0.325 e. The monoisotopic (exact) mass is 265 g/mol. The molecule has 1 amide bonds. The molecule has 18 heavy (non-hydrogen) atoms. The molecule has 2 rings (SSSR count). The van der Waals surface area contributed by atoms with E-state index in [1.54, 1.807) is 0 Å². The Morgan fingerprint density at radius 3 is 2.56 bits per heavy atom. The first kappa shape index (κ1) is 13.4. The number of anilines is 1. The van der Waals surface area contributed by atoms with Crippen molar-refractivity contribution < 1.29 is 4.79 Å². The summed E-state index contributed by atoms with van der Waals surface area (Å²) < 4.78 is 0. The fourth-order valence-corrected chi connectivity index (χ4v) is 2.66. The predicted molar refractivity (Wildman–Crippen MR) is 76.1 cm³/mol. The van der Waals surface area contributed by atoms with Crippen LogP contribution in [0.5, 0.6) is 0 Å². The molecule has 1 saturated carbocycles. The topological polar surface area (TPSA) is 29.1 Å². The maximum atomic E-state index is 12.1. The standard InChI is InChI=1S/C15H20ClNO/c1-4-10-6-7-13(16)11(5-2)14(10)17-15(18)12-8-9(12)3/h6-7,9,12H,4-5,8H2,1-3H3,(H,17,18)/t9-,12+/m1/s1. The van der Waals surface area contributed by atoms with Gasteiger partial charge in [0.15, 0.2) is 0 Å². The first-order valence-electron chi connectivity index (χ1n) is 6.69. The van der Waals surface area contributed by atoms with E-state index in [-0.39, 0.29) is 11.8 Å². The lowest BCUT2D eigenvalue weighted by Gasteiger charge is -2.15. The van der Waals surface area contributed by atoms with Crippen molar-refractivity contribution in [3.05, 3.63) is 28.3 Å². The number of carbonyl (C=O) groups is 1. The van der Waals surface area contributed by atoms with Crippen LogP contribution in [0.1, 0.15) is 38.3 Å². The van der Waals surface area contributed by atoms with Crippen LogP contribution >= 0.6 is 11.6 Å². The minimum atomic E-state index is 0.147. The van der Waals surface area contributed by atoms with Crippen LogP contribution in [-0.2, 0) is 17.6 Å². The molecule has 1 N–H and O–H groups in total. The van der Waals surface area contributed by atoms with Gasteiger partial charge in [-0.05, 0) is 42.4 Å². The van der Waals surface area contributed by atoms with Gasteiger partial charge < -0.3 is 5.32 Å². The smallest absolute Gasteiger partial charge is 0.227 e. The van der Waals surface area contributed by atoms with Crippen LogP contribution in [0, 0.1) is 11.8 Å². The number of aryl methyl sites for hydroxylation is 1. The molecule has 0 saturated heterocycles. The number of amides is 1. The van der Waals surface area contributed by atoms with Gasteiger partial charge in [0, 0.05) is 16.6 Å². The highest BCUT2D eigenvalue weighted by molar-refractivity contribution is 6.32. The Morgan fingerprint density at radius 2 is 2.06 bits per heavy atom. The van der Waals surface area contributed by atoms with Crippen molar-refractivity contribution in [1.29, 1.82) is 0 Å². The lowest BCUT2D eigenvalue weighted by Crippen LogP contribution is -2.17. The number of carbonyl (C=O) groups excluding carboxylic acids is 1. The van der Waals surface area contributed by atoms with E-state index in [4.69, 9.17) is 11.6 Å². The SMILES string of the molecule is CCc1ccc(Cl)c(CC)c1NC(=O)[C@H]1C[C@H]1C. The molecule has 98 valence electrons. The second kappa shape index (κ2) is 5.31. The Morgan fingerprint density at radius 1 is 1.39 bits per heavy atom. The van der Waals surface area contributed by atoms with Gasteiger partial charge in [0.05, 0.1) is 0 Å². The summed E-state index contributed by atoms with van der Waals surface area (Å²) in [6.07, 6.45) is 2.75. The highest BCUT2D eigenvalue weighted by atomic mass is 35.5. The van der Waals surface area contributed by atoms with E-state index in [2.05, 4.69) is 26.1 Å². The molecule has 1 aromatic rings. The molecule has 1 aliphatic carbocycles.